The van der Waals surface area contributed by atoms with Crippen LogP contribution >= 0.6 is 0 Å². The van der Waals surface area contributed by atoms with Crippen LogP contribution in [0.3, 0.4) is 0 Å². The molecule has 0 unspecified atom stereocenters. The lowest BCUT2D eigenvalue weighted by Crippen LogP contribution is -2.24. The highest BCUT2D eigenvalue weighted by Gasteiger charge is 2.37. The van der Waals surface area contributed by atoms with E-state index >= 15 is 0 Å². The molecule has 0 bridgehead atoms. The Morgan fingerprint density at radius 2 is 1.50 bits per heavy atom. The minimum atomic E-state index is -0.859. The summed E-state index contributed by atoms with van der Waals surface area (Å²) in [5, 5.41) is 30.2. The number of allylic oxidation sites excluding steroid dienone is 1. The van der Waals surface area contributed by atoms with E-state index in [2.05, 4.69) is 0 Å². The zero-order chi connectivity index (χ0) is 21.4. The van der Waals surface area contributed by atoms with Crippen LogP contribution in [0.2, 0.25) is 0 Å². The lowest BCUT2D eigenvalue weighted by Gasteiger charge is -2.26. The van der Waals surface area contributed by atoms with E-state index in [1.54, 1.807) is 42.5 Å². The standard InChI is InChI=1S/C24H18O6/c1-30-20-12-13(8-10-16(20)25)9-11-19(28)21-14-4-2-6-17(26)22(14)24(29)23-15(21)5-3-7-18(23)27/h2-12,21,25-27H,1H3/b11-9+. The Balaban J connectivity index is 1.80. The SMILES string of the molecule is COc1cc(/C=C/C(=O)C2c3cccc(O)c3C(=O)c3c(O)cccc32)ccc1O. The molecule has 0 fully saturated rings. The first kappa shape index (κ1) is 19.3. The van der Waals surface area contributed by atoms with Crippen LogP contribution in [0.25, 0.3) is 6.08 Å². The van der Waals surface area contributed by atoms with Gasteiger partial charge in [-0.25, -0.2) is 0 Å². The third-order valence-corrected chi connectivity index (χ3v) is 5.15. The molecule has 0 radical (unpaired) electrons. The molecule has 1 aliphatic rings. The summed E-state index contributed by atoms with van der Waals surface area (Å²) in [5.74, 6) is -1.92. The molecule has 0 saturated carbocycles. The van der Waals surface area contributed by atoms with E-state index in [1.807, 2.05) is 0 Å². The lowest BCUT2D eigenvalue weighted by molar-refractivity contribution is -0.115. The minimum Gasteiger partial charge on any atom is -0.507 e. The fourth-order valence-electron chi connectivity index (χ4n) is 3.76. The first-order chi connectivity index (χ1) is 14.4. The van der Waals surface area contributed by atoms with Crippen LogP contribution in [0, 0.1) is 0 Å². The number of phenols is 3. The predicted octanol–water partition coefficient (Wildman–Crippen LogP) is 3.77. The van der Waals surface area contributed by atoms with E-state index in [0.717, 1.165) is 0 Å². The first-order valence-corrected chi connectivity index (χ1v) is 9.19. The Morgan fingerprint density at radius 1 is 0.900 bits per heavy atom. The van der Waals surface area contributed by atoms with Gasteiger partial charge in [0.15, 0.2) is 17.3 Å². The molecule has 0 saturated heterocycles. The molecule has 0 heterocycles. The molecule has 0 aliphatic heterocycles. The number of ether oxygens (including phenoxy) is 1. The van der Waals surface area contributed by atoms with E-state index < -0.39 is 11.7 Å². The van der Waals surface area contributed by atoms with Gasteiger partial charge < -0.3 is 20.1 Å². The summed E-state index contributed by atoms with van der Waals surface area (Å²) < 4.78 is 5.08. The zero-order valence-electron chi connectivity index (χ0n) is 16.0. The van der Waals surface area contributed by atoms with Gasteiger partial charge in [-0.2, -0.15) is 0 Å². The molecule has 6 nitrogen and oxygen atoms in total. The number of methoxy groups -OCH3 is 1. The van der Waals surface area contributed by atoms with E-state index in [9.17, 15) is 24.9 Å². The van der Waals surface area contributed by atoms with Crippen molar-refractivity contribution < 1.29 is 29.6 Å². The number of rotatable bonds is 4. The van der Waals surface area contributed by atoms with Gasteiger partial charge in [0.05, 0.1) is 24.2 Å². The number of aromatic hydroxyl groups is 3. The second-order valence-electron chi connectivity index (χ2n) is 6.91. The van der Waals surface area contributed by atoms with Crippen LogP contribution in [0.1, 0.15) is 38.5 Å². The number of benzene rings is 3. The molecule has 0 aromatic heterocycles. The molecule has 3 N–H and O–H groups in total. The minimum absolute atomic E-state index is 0.0134. The fraction of sp³-hybridized carbons (Fsp3) is 0.0833. The molecular weight excluding hydrogens is 384 g/mol. The van der Waals surface area contributed by atoms with E-state index in [0.29, 0.717) is 16.7 Å². The van der Waals surface area contributed by atoms with E-state index in [4.69, 9.17) is 4.74 Å². The van der Waals surface area contributed by atoms with Crippen molar-refractivity contribution in [3.63, 3.8) is 0 Å². The van der Waals surface area contributed by atoms with Gasteiger partial charge in [0.2, 0.25) is 5.78 Å². The molecule has 4 rings (SSSR count). The number of ketones is 2. The van der Waals surface area contributed by atoms with Crippen LogP contribution in [0.4, 0.5) is 0 Å². The van der Waals surface area contributed by atoms with Gasteiger partial charge in [0, 0.05) is 0 Å². The number of fused-ring (bicyclic) bond motifs is 2. The molecule has 0 spiro atoms. The largest absolute Gasteiger partial charge is 0.507 e. The molecule has 30 heavy (non-hydrogen) atoms. The number of hydrogen-bond donors (Lipinski definition) is 3. The topological polar surface area (TPSA) is 104 Å². The Bertz CT molecular complexity index is 1150. The molecule has 3 aromatic carbocycles. The van der Waals surface area contributed by atoms with E-state index in [1.165, 1.54) is 31.4 Å². The van der Waals surface area contributed by atoms with Gasteiger partial charge in [-0.3, -0.25) is 9.59 Å². The van der Waals surface area contributed by atoms with Crippen LogP contribution in [0.5, 0.6) is 23.0 Å². The summed E-state index contributed by atoms with van der Waals surface area (Å²) in [5.41, 5.74) is 1.44. The molecule has 3 aromatic rings. The predicted molar refractivity (Wildman–Crippen MR) is 110 cm³/mol. The first-order valence-electron chi connectivity index (χ1n) is 9.19. The van der Waals surface area contributed by atoms with Crippen LogP contribution < -0.4 is 4.74 Å². The average molecular weight is 402 g/mol. The molecule has 0 atom stereocenters. The van der Waals surface area contributed by atoms with Crippen molar-refractivity contribution in [2.24, 2.45) is 0 Å². The van der Waals surface area contributed by atoms with Gasteiger partial charge in [0.25, 0.3) is 0 Å². The number of carbonyl (C=O) groups excluding carboxylic acids is 2. The van der Waals surface area contributed by atoms with Crippen LogP contribution in [-0.2, 0) is 4.79 Å². The fourth-order valence-corrected chi connectivity index (χ4v) is 3.76. The Kier molecular flexibility index (Phi) is 4.75. The Hall–Kier alpha value is -4.06. The van der Waals surface area contributed by atoms with Crippen molar-refractivity contribution in [1.82, 2.24) is 0 Å². The summed E-state index contributed by atoms with van der Waals surface area (Å²) in [6.45, 7) is 0. The Labute approximate surface area is 172 Å². The second kappa shape index (κ2) is 7.40. The highest BCUT2D eigenvalue weighted by Crippen LogP contribution is 2.43. The third kappa shape index (κ3) is 3.08. The monoisotopic (exact) mass is 402 g/mol. The van der Waals surface area contributed by atoms with Crippen LogP contribution in [-0.4, -0.2) is 34.0 Å². The number of carbonyl (C=O) groups is 2. The maximum Gasteiger partial charge on any atom is 0.201 e. The smallest absolute Gasteiger partial charge is 0.201 e. The summed E-state index contributed by atoms with van der Waals surface area (Å²) in [7, 11) is 1.43. The Morgan fingerprint density at radius 3 is 2.07 bits per heavy atom. The number of hydrogen-bond acceptors (Lipinski definition) is 6. The zero-order valence-corrected chi connectivity index (χ0v) is 16.0. The van der Waals surface area contributed by atoms with E-state index in [-0.39, 0.29) is 39.9 Å². The lowest BCUT2D eigenvalue weighted by atomic mass is 9.74. The maximum atomic E-state index is 13.2. The average Bonchev–Trinajstić information content (AvgIpc) is 2.73. The quantitative estimate of drug-likeness (QED) is 0.574. The van der Waals surface area contributed by atoms with Gasteiger partial charge in [-0.1, -0.05) is 36.4 Å². The number of phenolic OH excluding ortho intramolecular Hbond substituents is 3. The second-order valence-corrected chi connectivity index (χ2v) is 6.91. The molecule has 150 valence electrons. The summed E-state index contributed by atoms with van der Waals surface area (Å²) in [6, 6.07) is 13.8. The molecular formula is C24H18O6. The van der Waals surface area contributed by atoms with Gasteiger partial charge >= 0.3 is 0 Å². The van der Waals surface area contributed by atoms with Crippen molar-refractivity contribution in [1.29, 1.82) is 0 Å². The highest BCUT2D eigenvalue weighted by molar-refractivity contribution is 6.19. The summed E-state index contributed by atoms with van der Waals surface area (Å²) in [4.78, 5) is 26.1. The highest BCUT2D eigenvalue weighted by atomic mass is 16.5. The third-order valence-electron chi connectivity index (χ3n) is 5.15. The van der Waals surface area contributed by atoms with Gasteiger partial charge in [-0.15, -0.1) is 0 Å². The van der Waals surface area contributed by atoms with Crippen molar-refractivity contribution >= 4 is 17.6 Å². The van der Waals surface area contributed by atoms with Crippen molar-refractivity contribution in [3.05, 3.63) is 88.5 Å². The summed E-state index contributed by atoms with van der Waals surface area (Å²) >= 11 is 0. The molecule has 1 aliphatic carbocycles. The van der Waals surface area contributed by atoms with Crippen molar-refractivity contribution in [2.45, 2.75) is 5.92 Å². The van der Waals surface area contributed by atoms with Crippen molar-refractivity contribution in [3.8, 4) is 23.0 Å². The van der Waals surface area contributed by atoms with Gasteiger partial charge in [-0.05, 0) is 47.0 Å². The molecule has 0 amide bonds. The summed E-state index contributed by atoms with van der Waals surface area (Å²) in [6.07, 6.45) is 2.94. The molecule has 6 heteroatoms. The van der Waals surface area contributed by atoms with Crippen molar-refractivity contribution in [2.75, 3.05) is 7.11 Å². The van der Waals surface area contributed by atoms with Gasteiger partial charge in [0.1, 0.15) is 11.5 Å². The maximum absolute atomic E-state index is 13.2. The van der Waals surface area contributed by atoms with Crippen LogP contribution in [0.15, 0.2) is 60.7 Å². The normalized spacial score (nSPS) is 13.2.